The van der Waals surface area contributed by atoms with Crippen LogP contribution < -0.4 is 5.32 Å². The molecule has 0 heterocycles. The third kappa shape index (κ3) is 8.01. The van der Waals surface area contributed by atoms with Gasteiger partial charge in [-0.3, -0.25) is 9.59 Å². The van der Waals surface area contributed by atoms with Crippen LogP contribution in [-0.4, -0.2) is 54.2 Å². The monoisotopic (exact) mass is 274 g/mol. The molecule has 0 rings (SSSR count). The Morgan fingerprint density at radius 2 is 2.00 bits per heavy atom. The summed E-state index contributed by atoms with van der Waals surface area (Å²) in [5, 5.41) is 11.2. The topological polar surface area (TPSA) is 95.9 Å². The van der Waals surface area contributed by atoms with Gasteiger partial charge in [-0.25, -0.2) is 4.79 Å². The predicted octanol–water partition coefficient (Wildman–Crippen LogP) is 0.834. The molecule has 7 heteroatoms. The summed E-state index contributed by atoms with van der Waals surface area (Å²) in [6.07, 6.45) is 1.05. The molecule has 1 atom stereocenters. The summed E-state index contributed by atoms with van der Waals surface area (Å²) in [5.74, 6) is -1.39. The van der Waals surface area contributed by atoms with Crippen LogP contribution in [0.5, 0.6) is 0 Å². The lowest BCUT2D eigenvalue weighted by Gasteiger charge is -2.23. The number of aliphatic carboxylic acids is 1. The van der Waals surface area contributed by atoms with Crippen molar-refractivity contribution >= 4 is 18.0 Å². The number of amides is 2. The van der Waals surface area contributed by atoms with Gasteiger partial charge in [0.1, 0.15) is 6.54 Å². The minimum Gasteiger partial charge on any atom is -0.481 e. The van der Waals surface area contributed by atoms with Crippen molar-refractivity contribution in [3.05, 3.63) is 0 Å². The molecule has 0 aliphatic heterocycles. The molecular weight excluding hydrogens is 252 g/mol. The van der Waals surface area contributed by atoms with Gasteiger partial charge in [-0.15, -0.1) is 0 Å². The number of esters is 1. The first-order chi connectivity index (χ1) is 8.90. The van der Waals surface area contributed by atoms with Gasteiger partial charge in [0.2, 0.25) is 0 Å². The zero-order chi connectivity index (χ0) is 14.8. The number of ether oxygens (including phenoxy) is 1. The van der Waals surface area contributed by atoms with E-state index < -0.39 is 11.9 Å². The lowest BCUT2D eigenvalue weighted by Crippen LogP contribution is -2.46. The number of hydrogen-bond acceptors (Lipinski definition) is 4. The molecule has 0 aromatic heterocycles. The standard InChI is InChI=1S/C12H22N2O5/c1-4-7-14(8-11(17)19-3)12(18)13-9(2)5-6-10(15)16/h9H,4-8H2,1-3H3,(H,13,18)(H,15,16). The van der Waals surface area contributed by atoms with Gasteiger partial charge in [-0.1, -0.05) is 6.92 Å². The molecule has 2 amide bonds. The van der Waals surface area contributed by atoms with E-state index in [-0.39, 0.29) is 25.0 Å². The maximum Gasteiger partial charge on any atom is 0.325 e. The molecule has 0 aliphatic rings. The zero-order valence-electron chi connectivity index (χ0n) is 11.6. The average Bonchev–Trinajstić information content (AvgIpc) is 2.35. The SMILES string of the molecule is CCCN(CC(=O)OC)C(=O)NC(C)CCC(=O)O. The van der Waals surface area contributed by atoms with Crippen molar-refractivity contribution in [2.75, 3.05) is 20.2 Å². The first-order valence-corrected chi connectivity index (χ1v) is 6.24. The normalized spacial score (nSPS) is 11.5. The molecule has 0 radical (unpaired) electrons. The van der Waals surface area contributed by atoms with Crippen LogP contribution in [0.15, 0.2) is 0 Å². The van der Waals surface area contributed by atoms with E-state index in [9.17, 15) is 14.4 Å². The Hall–Kier alpha value is -1.79. The van der Waals surface area contributed by atoms with Gasteiger partial charge in [0, 0.05) is 19.0 Å². The maximum atomic E-state index is 11.9. The highest BCUT2D eigenvalue weighted by Crippen LogP contribution is 2.00. The molecule has 0 aromatic carbocycles. The van der Waals surface area contributed by atoms with E-state index in [1.165, 1.54) is 12.0 Å². The molecule has 0 saturated heterocycles. The number of carbonyl (C=O) groups is 3. The van der Waals surface area contributed by atoms with Gasteiger partial charge in [0.05, 0.1) is 7.11 Å². The predicted molar refractivity (Wildman–Crippen MR) is 68.7 cm³/mol. The molecule has 0 saturated carbocycles. The Labute approximate surface area is 112 Å². The van der Waals surface area contributed by atoms with E-state index in [0.717, 1.165) is 0 Å². The Bertz CT molecular complexity index is 319. The van der Waals surface area contributed by atoms with E-state index in [2.05, 4.69) is 10.1 Å². The summed E-state index contributed by atoms with van der Waals surface area (Å²) in [6, 6.07) is -0.647. The number of methoxy groups -OCH3 is 1. The lowest BCUT2D eigenvalue weighted by molar-refractivity contribution is -0.141. The molecule has 0 bridgehead atoms. The third-order valence-corrected chi connectivity index (χ3v) is 2.49. The van der Waals surface area contributed by atoms with E-state index in [4.69, 9.17) is 5.11 Å². The Morgan fingerprint density at radius 3 is 2.47 bits per heavy atom. The highest BCUT2D eigenvalue weighted by Gasteiger charge is 2.18. The van der Waals surface area contributed by atoms with Crippen LogP contribution in [0.4, 0.5) is 4.79 Å². The van der Waals surface area contributed by atoms with Crippen molar-refractivity contribution in [3.8, 4) is 0 Å². The van der Waals surface area contributed by atoms with Gasteiger partial charge in [-0.2, -0.15) is 0 Å². The lowest BCUT2D eigenvalue weighted by atomic mass is 10.2. The van der Waals surface area contributed by atoms with Crippen molar-refractivity contribution in [1.82, 2.24) is 10.2 Å². The van der Waals surface area contributed by atoms with Gasteiger partial charge in [-0.05, 0) is 19.8 Å². The van der Waals surface area contributed by atoms with Crippen LogP contribution in [0.25, 0.3) is 0 Å². The van der Waals surface area contributed by atoms with Gasteiger partial charge < -0.3 is 20.1 Å². The molecule has 0 fully saturated rings. The fourth-order valence-electron chi connectivity index (χ4n) is 1.46. The molecule has 7 nitrogen and oxygen atoms in total. The largest absolute Gasteiger partial charge is 0.481 e. The quantitative estimate of drug-likeness (QED) is 0.639. The van der Waals surface area contributed by atoms with Crippen LogP contribution in [0, 0.1) is 0 Å². The number of rotatable bonds is 8. The molecule has 0 aromatic rings. The molecule has 1 unspecified atom stereocenters. The second kappa shape index (κ2) is 9.18. The van der Waals surface area contributed by atoms with Gasteiger partial charge >= 0.3 is 18.0 Å². The number of carbonyl (C=O) groups excluding carboxylic acids is 2. The fourth-order valence-corrected chi connectivity index (χ4v) is 1.46. The molecule has 110 valence electrons. The second-order valence-electron chi connectivity index (χ2n) is 4.28. The number of nitrogens with one attached hydrogen (secondary N) is 1. The van der Waals surface area contributed by atoms with Crippen molar-refractivity contribution in [2.24, 2.45) is 0 Å². The smallest absolute Gasteiger partial charge is 0.325 e. The first-order valence-electron chi connectivity index (χ1n) is 6.24. The van der Waals surface area contributed by atoms with Crippen molar-refractivity contribution < 1.29 is 24.2 Å². The Morgan fingerprint density at radius 1 is 1.37 bits per heavy atom. The molecule has 0 aliphatic carbocycles. The van der Waals surface area contributed by atoms with Gasteiger partial charge in [0.25, 0.3) is 0 Å². The number of nitrogens with zero attached hydrogens (tertiary/aromatic N) is 1. The van der Waals surface area contributed by atoms with E-state index in [1.54, 1.807) is 6.92 Å². The average molecular weight is 274 g/mol. The summed E-state index contributed by atoms with van der Waals surface area (Å²) in [5.41, 5.74) is 0. The minimum absolute atomic E-state index is 0.00771. The number of carboxylic acids is 1. The minimum atomic E-state index is -0.902. The second-order valence-corrected chi connectivity index (χ2v) is 4.28. The van der Waals surface area contributed by atoms with E-state index in [1.807, 2.05) is 6.92 Å². The molecule has 19 heavy (non-hydrogen) atoms. The molecular formula is C12H22N2O5. The molecule has 0 spiro atoms. The molecule has 2 N–H and O–H groups in total. The summed E-state index contributed by atoms with van der Waals surface area (Å²) in [6.45, 7) is 3.95. The highest BCUT2D eigenvalue weighted by molar-refractivity contribution is 5.81. The fraction of sp³-hybridized carbons (Fsp3) is 0.750. The van der Waals surface area contributed by atoms with Crippen LogP contribution in [0.2, 0.25) is 0 Å². The third-order valence-electron chi connectivity index (χ3n) is 2.49. The maximum absolute atomic E-state index is 11.9. The highest BCUT2D eigenvalue weighted by atomic mass is 16.5. The first kappa shape index (κ1) is 17.2. The Balaban J connectivity index is 4.30. The van der Waals surface area contributed by atoms with Gasteiger partial charge in [0.15, 0.2) is 0 Å². The van der Waals surface area contributed by atoms with Crippen LogP contribution in [0.3, 0.4) is 0 Å². The summed E-state index contributed by atoms with van der Waals surface area (Å²) >= 11 is 0. The Kier molecular flexibility index (Phi) is 8.32. The summed E-state index contributed by atoms with van der Waals surface area (Å²) in [7, 11) is 1.26. The number of hydrogen-bond donors (Lipinski definition) is 2. The van der Waals surface area contributed by atoms with E-state index >= 15 is 0 Å². The summed E-state index contributed by atoms with van der Waals surface area (Å²) in [4.78, 5) is 34.9. The zero-order valence-corrected chi connectivity index (χ0v) is 11.6. The van der Waals surface area contributed by atoms with Crippen molar-refractivity contribution in [2.45, 2.75) is 39.2 Å². The van der Waals surface area contributed by atoms with Crippen LogP contribution >= 0.6 is 0 Å². The van der Waals surface area contributed by atoms with E-state index in [0.29, 0.717) is 19.4 Å². The van der Waals surface area contributed by atoms with Crippen LogP contribution in [-0.2, 0) is 14.3 Å². The number of urea groups is 1. The van der Waals surface area contributed by atoms with Crippen LogP contribution in [0.1, 0.15) is 33.1 Å². The summed E-state index contributed by atoms with van der Waals surface area (Å²) < 4.78 is 4.52. The van der Waals surface area contributed by atoms with Crippen molar-refractivity contribution in [3.63, 3.8) is 0 Å². The number of carboxylic acid groups (broad SMARTS) is 1. The van der Waals surface area contributed by atoms with Crippen molar-refractivity contribution in [1.29, 1.82) is 0 Å².